The first kappa shape index (κ1) is 12.5. The first-order valence-corrected chi connectivity index (χ1v) is 6.97. The Bertz CT molecular complexity index is 454. The molecule has 4 nitrogen and oxygen atoms in total. The molecular weight excluding hydrogens is 238 g/mol. The molecule has 0 amide bonds. The lowest BCUT2D eigenvalue weighted by Gasteiger charge is -2.35. The van der Waals surface area contributed by atoms with E-state index in [1.807, 2.05) is 6.07 Å². The summed E-state index contributed by atoms with van der Waals surface area (Å²) in [6.45, 7) is 1.78. The van der Waals surface area contributed by atoms with Gasteiger partial charge in [0.1, 0.15) is 0 Å². The molecule has 0 bridgehead atoms. The van der Waals surface area contributed by atoms with E-state index in [4.69, 9.17) is 0 Å². The van der Waals surface area contributed by atoms with Gasteiger partial charge in [-0.25, -0.2) is 0 Å². The fraction of sp³-hybridized carbons (Fsp3) is 0.533. The summed E-state index contributed by atoms with van der Waals surface area (Å²) in [6, 6.07) is 10.7. The average Bonchev–Trinajstić information content (AvgIpc) is 2.87. The Morgan fingerprint density at radius 3 is 2.74 bits per heavy atom. The quantitative estimate of drug-likeness (QED) is 0.862. The van der Waals surface area contributed by atoms with E-state index in [0.29, 0.717) is 12.0 Å². The van der Waals surface area contributed by atoms with Crippen molar-refractivity contribution in [3.05, 3.63) is 35.9 Å². The molecule has 1 aromatic carbocycles. The third-order valence-electron chi connectivity index (χ3n) is 4.03. The zero-order valence-corrected chi connectivity index (χ0v) is 11.3. The van der Waals surface area contributed by atoms with E-state index in [0.717, 1.165) is 31.9 Å². The Hall–Kier alpha value is -1.55. The molecule has 1 aliphatic carbocycles. The highest BCUT2D eigenvalue weighted by atomic mass is 16.3. The highest BCUT2D eigenvalue weighted by Crippen LogP contribution is 2.28. The van der Waals surface area contributed by atoms with E-state index in [-0.39, 0.29) is 6.10 Å². The van der Waals surface area contributed by atoms with Gasteiger partial charge >= 0.3 is 0 Å². The summed E-state index contributed by atoms with van der Waals surface area (Å²) in [7, 11) is 2.07. The smallest absolute Gasteiger partial charge is 0.194 e. The Balaban J connectivity index is 1.53. The Morgan fingerprint density at radius 1 is 1.32 bits per heavy atom. The Kier molecular flexibility index (Phi) is 3.42. The number of aliphatic hydroxyl groups is 1. The van der Waals surface area contributed by atoms with Gasteiger partial charge in [-0.2, -0.15) is 0 Å². The molecule has 0 radical (unpaired) electrons. The van der Waals surface area contributed by atoms with Gasteiger partial charge in [0, 0.05) is 13.6 Å². The summed E-state index contributed by atoms with van der Waals surface area (Å²) < 4.78 is 0. The van der Waals surface area contributed by atoms with E-state index >= 15 is 0 Å². The van der Waals surface area contributed by atoms with Crippen LogP contribution in [0.15, 0.2) is 35.3 Å². The highest BCUT2D eigenvalue weighted by Gasteiger charge is 2.30. The lowest BCUT2D eigenvalue weighted by molar-refractivity contribution is 0.0354. The maximum Gasteiger partial charge on any atom is 0.194 e. The molecule has 1 fully saturated rings. The molecule has 102 valence electrons. The van der Waals surface area contributed by atoms with Crippen molar-refractivity contribution < 1.29 is 5.11 Å². The monoisotopic (exact) mass is 259 g/mol. The molecule has 1 unspecified atom stereocenters. The number of hydrogen-bond donors (Lipinski definition) is 2. The lowest BCUT2D eigenvalue weighted by Crippen LogP contribution is -2.43. The molecule has 4 heteroatoms. The van der Waals surface area contributed by atoms with Gasteiger partial charge in [0.15, 0.2) is 5.96 Å². The number of rotatable bonds is 3. The predicted octanol–water partition coefficient (Wildman–Crippen LogP) is 1.39. The number of aliphatic imine (C=N–C) groups is 1. The molecule has 1 aliphatic heterocycles. The molecule has 2 N–H and O–H groups in total. The van der Waals surface area contributed by atoms with E-state index in [1.54, 1.807) is 0 Å². The number of guanidine groups is 1. The van der Waals surface area contributed by atoms with E-state index in [1.165, 1.54) is 5.56 Å². The molecule has 0 spiro atoms. The molecule has 1 aromatic rings. The Labute approximate surface area is 114 Å². The van der Waals surface area contributed by atoms with Crippen molar-refractivity contribution >= 4 is 5.96 Å². The molecule has 3 rings (SSSR count). The summed E-state index contributed by atoms with van der Waals surface area (Å²) in [5.74, 6) is 1.59. The Morgan fingerprint density at radius 2 is 2.05 bits per heavy atom. The van der Waals surface area contributed by atoms with Gasteiger partial charge in [-0.3, -0.25) is 4.99 Å². The van der Waals surface area contributed by atoms with Crippen LogP contribution >= 0.6 is 0 Å². The third-order valence-corrected chi connectivity index (χ3v) is 4.03. The highest BCUT2D eigenvalue weighted by molar-refractivity contribution is 5.82. The number of hydrogen-bond acceptors (Lipinski definition) is 4. The van der Waals surface area contributed by atoms with Crippen LogP contribution in [0.4, 0.5) is 0 Å². The lowest BCUT2D eigenvalue weighted by atomic mass is 9.82. The van der Waals surface area contributed by atoms with Crippen molar-refractivity contribution in [2.75, 3.05) is 20.1 Å². The van der Waals surface area contributed by atoms with Gasteiger partial charge < -0.3 is 15.3 Å². The topological polar surface area (TPSA) is 47.9 Å². The van der Waals surface area contributed by atoms with Crippen molar-refractivity contribution in [3.8, 4) is 0 Å². The minimum Gasteiger partial charge on any atom is -0.393 e. The zero-order valence-electron chi connectivity index (χ0n) is 11.3. The van der Waals surface area contributed by atoms with E-state index in [2.05, 4.69) is 46.5 Å². The summed E-state index contributed by atoms with van der Waals surface area (Å²) >= 11 is 0. The first-order chi connectivity index (χ1) is 9.22. The number of benzene rings is 1. The van der Waals surface area contributed by atoms with Gasteiger partial charge in [-0.1, -0.05) is 30.3 Å². The number of aliphatic hydroxyl groups excluding tert-OH is 1. The molecule has 0 aromatic heterocycles. The van der Waals surface area contributed by atoms with Crippen LogP contribution in [0.5, 0.6) is 0 Å². The summed E-state index contributed by atoms with van der Waals surface area (Å²) in [6.07, 6.45) is 1.79. The molecule has 0 saturated heterocycles. The second kappa shape index (κ2) is 5.21. The van der Waals surface area contributed by atoms with Gasteiger partial charge in [-0.05, 0) is 24.3 Å². The van der Waals surface area contributed by atoms with Crippen molar-refractivity contribution in [2.45, 2.75) is 25.0 Å². The minimum atomic E-state index is -0.0751. The van der Waals surface area contributed by atoms with Crippen molar-refractivity contribution in [3.63, 3.8) is 0 Å². The van der Waals surface area contributed by atoms with Crippen LogP contribution in [0.3, 0.4) is 0 Å². The molecule has 1 atom stereocenters. The van der Waals surface area contributed by atoms with E-state index < -0.39 is 0 Å². The maximum atomic E-state index is 9.32. The second-order valence-corrected chi connectivity index (χ2v) is 5.64. The summed E-state index contributed by atoms with van der Waals surface area (Å²) in [5.41, 5.74) is 1.29. The van der Waals surface area contributed by atoms with Gasteiger partial charge in [0.05, 0.1) is 18.7 Å². The van der Waals surface area contributed by atoms with Crippen LogP contribution in [0.1, 0.15) is 24.4 Å². The third kappa shape index (κ3) is 2.73. The molecular formula is C15H21N3O. The number of nitrogens with one attached hydrogen (secondary N) is 1. The van der Waals surface area contributed by atoms with Crippen LogP contribution in [-0.4, -0.2) is 42.2 Å². The maximum absolute atomic E-state index is 9.32. The summed E-state index contributed by atoms with van der Waals surface area (Å²) in [5, 5.41) is 12.8. The van der Waals surface area contributed by atoms with E-state index in [9.17, 15) is 5.11 Å². The zero-order chi connectivity index (χ0) is 13.2. The SMILES string of the molecule is CN(CC1CC(O)C1)C1=NCC(c2ccccc2)N1. The normalized spacial score (nSPS) is 29.4. The second-order valence-electron chi connectivity index (χ2n) is 5.64. The molecule has 19 heavy (non-hydrogen) atoms. The largest absolute Gasteiger partial charge is 0.393 e. The first-order valence-electron chi connectivity index (χ1n) is 6.97. The average molecular weight is 259 g/mol. The fourth-order valence-corrected chi connectivity index (χ4v) is 2.85. The molecule has 1 saturated carbocycles. The standard InChI is InChI=1S/C15H21N3O/c1-18(10-11-7-13(19)8-11)15-16-9-14(17-15)12-5-3-2-4-6-12/h2-6,11,13-14,19H,7-10H2,1H3,(H,16,17). The molecule has 1 heterocycles. The summed E-state index contributed by atoms with van der Waals surface area (Å²) in [4.78, 5) is 6.77. The predicted molar refractivity (Wildman–Crippen MR) is 76.0 cm³/mol. The van der Waals surface area contributed by atoms with Crippen molar-refractivity contribution in [1.29, 1.82) is 0 Å². The minimum absolute atomic E-state index is 0.0751. The fourth-order valence-electron chi connectivity index (χ4n) is 2.85. The van der Waals surface area contributed by atoms with Gasteiger partial charge in [0.25, 0.3) is 0 Å². The number of nitrogens with zero attached hydrogens (tertiary/aromatic N) is 2. The van der Waals surface area contributed by atoms with Crippen LogP contribution in [-0.2, 0) is 0 Å². The van der Waals surface area contributed by atoms with Crippen LogP contribution in [0.25, 0.3) is 0 Å². The van der Waals surface area contributed by atoms with Crippen LogP contribution < -0.4 is 5.32 Å². The van der Waals surface area contributed by atoms with Crippen molar-refractivity contribution in [1.82, 2.24) is 10.2 Å². The van der Waals surface area contributed by atoms with Gasteiger partial charge in [-0.15, -0.1) is 0 Å². The van der Waals surface area contributed by atoms with Crippen molar-refractivity contribution in [2.24, 2.45) is 10.9 Å². The van der Waals surface area contributed by atoms with Gasteiger partial charge in [0.2, 0.25) is 0 Å². The molecule has 2 aliphatic rings. The van der Waals surface area contributed by atoms with Crippen LogP contribution in [0, 0.1) is 5.92 Å². The van der Waals surface area contributed by atoms with Crippen LogP contribution in [0.2, 0.25) is 0 Å².